The zero-order valence-corrected chi connectivity index (χ0v) is 16.0. The van der Waals surface area contributed by atoms with Crippen molar-refractivity contribution in [3.63, 3.8) is 0 Å². The molecule has 0 saturated carbocycles. The van der Waals surface area contributed by atoms with Gasteiger partial charge in [-0.15, -0.1) is 13.2 Å². The van der Waals surface area contributed by atoms with Crippen LogP contribution in [0.1, 0.15) is 13.8 Å². The summed E-state index contributed by atoms with van der Waals surface area (Å²) in [6.07, 6.45) is -3.46. The maximum atomic E-state index is 14.8. The number of nitrogens with one attached hydrogen (secondary N) is 1. The van der Waals surface area contributed by atoms with Gasteiger partial charge in [0, 0.05) is 12.7 Å². The van der Waals surface area contributed by atoms with Gasteiger partial charge in [-0.3, -0.25) is 14.5 Å². The van der Waals surface area contributed by atoms with Crippen LogP contribution in [-0.4, -0.2) is 56.9 Å². The van der Waals surface area contributed by atoms with Crippen LogP contribution in [0.15, 0.2) is 24.7 Å². The van der Waals surface area contributed by atoms with E-state index in [2.05, 4.69) is 25.0 Å². The number of carbonyl (C=O) groups is 1. The van der Waals surface area contributed by atoms with Gasteiger partial charge in [-0.1, -0.05) is 11.6 Å². The molecule has 3 rings (SSSR count). The molecule has 0 unspecified atom stereocenters. The first-order valence-corrected chi connectivity index (χ1v) is 8.88. The van der Waals surface area contributed by atoms with Crippen molar-refractivity contribution in [2.45, 2.75) is 38.4 Å². The SMILES string of the molecule is C[C@@H](Nc1ncnc(-c2ccc(Cl)cn2)c1F)C(=O)N1C[C@H](OC(F)(F)F)[C@@H]1C. The number of alkyl halides is 3. The van der Waals surface area contributed by atoms with Crippen LogP contribution in [-0.2, 0) is 9.53 Å². The van der Waals surface area contributed by atoms with Crippen molar-refractivity contribution >= 4 is 23.3 Å². The molecule has 0 bridgehead atoms. The first-order valence-electron chi connectivity index (χ1n) is 8.51. The van der Waals surface area contributed by atoms with Crippen molar-refractivity contribution in [1.29, 1.82) is 0 Å². The second kappa shape index (κ2) is 8.07. The molecule has 2 aromatic heterocycles. The van der Waals surface area contributed by atoms with Gasteiger partial charge in [-0.2, -0.15) is 0 Å². The molecule has 1 saturated heterocycles. The van der Waals surface area contributed by atoms with Crippen LogP contribution < -0.4 is 5.32 Å². The summed E-state index contributed by atoms with van der Waals surface area (Å²) in [5.74, 6) is -1.57. The molecule has 3 atom stereocenters. The van der Waals surface area contributed by atoms with E-state index in [1.54, 1.807) is 0 Å². The highest BCUT2D eigenvalue weighted by Gasteiger charge is 2.46. The van der Waals surface area contributed by atoms with E-state index < -0.39 is 36.3 Å². The Morgan fingerprint density at radius 2 is 2.07 bits per heavy atom. The van der Waals surface area contributed by atoms with E-state index in [1.165, 1.54) is 37.1 Å². The molecular formula is C17H16ClF4N5O2. The fourth-order valence-corrected chi connectivity index (χ4v) is 2.97. The van der Waals surface area contributed by atoms with Crippen molar-refractivity contribution in [1.82, 2.24) is 19.9 Å². The third kappa shape index (κ3) is 4.73. The number of ether oxygens (including phenoxy) is 1. The van der Waals surface area contributed by atoms with Crippen molar-refractivity contribution in [2.24, 2.45) is 0 Å². The van der Waals surface area contributed by atoms with E-state index in [-0.39, 0.29) is 23.8 Å². The number of halogens is 5. The summed E-state index contributed by atoms with van der Waals surface area (Å²) < 4.78 is 55.7. The molecule has 1 fully saturated rings. The third-order valence-corrected chi connectivity index (χ3v) is 4.68. The number of aromatic nitrogens is 3. The monoisotopic (exact) mass is 433 g/mol. The molecule has 0 spiro atoms. The topological polar surface area (TPSA) is 80.2 Å². The van der Waals surface area contributed by atoms with Crippen molar-refractivity contribution < 1.29 is 27.1 Å². The van der Waals surface area contributed by atoms with Crippen LogP contribution in [0.5, 0.6) is 0 Å². The van der Waals surface area contributed by atoms with E-state index in [0.717, 1.165) is 6.33 Å². The predicted molar refractivity (Wildman–Crippen MR) is 95.4 cm³/mol. The van der Waals surface area contributed by atoms with Crippen LogP contribution in [0, 0.1) is 5.82 Å². The maximum Gasteiger partial charge on any atom is 0.522 e. The fraction of sp³-hybridized carbons (Fsp3) is 0.412. The molecule has 3 heterocycles. The van der Waals surface area contributed by atoms with Crippen LogP contribution in [0.4, 0.5) is 23.4 Å². The average Bonchev–Trinajstić information content (AvgIpc) is 2.65. The molecular weight excluding hydrogens is 418 g/mol. The summed E-state index contributed by atoms with van der Waals surface area (Å²) in [6.45, 7) is 2.69. The Hall–Kier alpha value is -2.53. The number of likely N-dealkylation sites (tertiary alicyclic amines) is 1. The summed E-state index contributed by atoms with van der Waals surface area (Å²) in [5, 5.41) is 3.00. The summed E-state index contributed by atoms with van der Waals surface area (Å²) in [5.41, 5.74) is 0.134. The fourth-order valence-electron chi connectivity index (χ4n) is 2.85. The minimum atomic E-state index is -4.77. The third-order valence-electron chi connectivity index (χ3n) is 4.46. The summed E-state index contributed by atoms with van der Waals surface area (Å²) in [7, 11) is 0. The van der Waals surface area contributed by atoms with Crippen molar-refractivity contribution in [3.05, 3.63) is 35.5 Å². The highest BCUT2D eigenvalue weighted by Crippen LogP contribution is 2.29. The van der Waals surface area contributed by atoms with Crippen LogP contribution in [0.3, 0.4) is 0 Å². The Kier molecular flexibility index (Phi) is 5.90. The van der Waals surface area contributed by atoms with Crippen LogP contribution in [0.2, 0.25) is 5.02 Å². The molecule has 29 heavy (non-hydrogen) atoms. The van der Waals surface area contributed by atoms with E-state index in [9.17, 15) is 22.4 Å². The van der Waals surface area contributed by atoms with Gasteiger partial charge in [0.05, 0.1) is 16.8 Å². The Labute approximate surface area is 168 Å². The Morgan fingerprint density at radius 1 is 1.34 bits per heavy atom. The smallest absolute Gasteiger partial charge is 0.356 e. The molecule has 1 N–H and O–H groups in total. The summed E-state index contributed by atoms with van der Waals surface area (Å²) in [6, 6.07) is 1.29. The molecule has 1 aliphatic heterocycles. The number of amides is 1. The molecule has 7 nitrogen and oxygen atoms in total. The van der Waals surface area contributed by atoms with E-state index >= 15 is 0 Å². The molecule has 0 radical (unpaired) electrons. The van der Waals surface area contributed by atoms with E-state index in [4.69, 9.17) is 11.6 Å². The highest BCUT2D eigenvalue weighted by molar-refractivity contribution is 6.30. The quantitative estimate of drug-likeness (QED) is 0.729. The molecule has 0 aromatic carbocycles. The minimum Gasteiger partial charge on any atom is -0.356 e. The molecule has 1 aliphatic rings. The normalized spacial score (nSPS) is 20.2. The average molecular weight is 434 g/mol. The van der Waals surface area contributed by atoms with Crippen molar-refractivity contribution in [3.8, 4) is 11.4 Å². The van der Waals surface area contributed by atoms with Gasteiger partial charge in [-0.05, 0) is 26.0 Å². The van der Waals surface area contributed by atoms with Gasteiger partial charge in [0.15, 0.2) is 11.6 Å². The standard InChI is InChI=1S/C17H16ClF4N5O2/c1-8(16(28)27-6-12(9(27)2)29-17(20,21)22)26-15-13(19)14(24-7-25-15)11-4-3-10(18)5-23-11/h3-5,7-9,12H,6H2,1-2H3,(H,24,25,26)/t8-,9+,12+/m1/s1. The lowest BCUT2D eigenvalue weighted by Gasteiger charge is -2.46. The Morgan fingerprint density at radius 3 is 2.66 bits per heavy atom. The van der Waals surface area contributed by atoms with Gasteiger partial charge in [0.2, 0.25) is 5.91 Å². The largest absolute Gasteiger partial charge is 0.522 e. The van der Waals surface area contributed by atoms with Gasteiger partial charge in [0.1, 0.15) is 24.2 Å². The minimum absolute atomic E-state index is 0.0882. The molecule has 12 heteroatoms. The van der Waals surface area contributed by atoms with E-state index in [1.807, 2.05) is 0 Å². The predicted octanol–water partition coefficient (Wildman–Crippen LogP) is 3.27. The zero-order valence-electron chi connectivity index (χ0n) is 15.2. The lowest BCUT2D eigenvalue weighted by molar-refractivity contribution is -0.359. The highest BCUT2D eigenvalue weighted by atomic mass is 35.5. The lowest BCUT2D eigenvalue weighted by Crippen LogP contribution is -2.65. The number of hydrogen-bond donors (Lipinski definition) is 1. The zero-order chi connectivity index (χ0) is 21.3. The van der Waals surface area contributed by atoms with Gasteiger partial charge < -0.3 is 10.2 Å². The Balaban J connectivity index is 1.68. The Bertz CT molecular complexity index is 896. The number of carbonyl (C=O) groups excluding carboxylic acids is 1. The number of pyridine rings is 1. The second-order valence-corrected chi connectivity index (χ2v) is 6.88. The summed E-state index contributed by atoms with van der Waals surface area (Å²) >= 11 is 5.77. The number of hydrogen-bond acceptors (Lipinski definition) is 6. The van der Waals surface area contributed by atoms with E-state index in [0.29, 0.717) is 5.02 Å². The number of anilines is 1. The van der Waals surface area contributed by atoms with Gasteiger partial charge in [-0.25, -0.2) is 14.4 Å². The first kappa shape index (κ1) is 21.2. The second-order valence-electron chi connectivity index (χ2n) is 6.45. The van der Waals surface area contributed by atoms with Crippen LogP contribution >= 0.6 is 11.6 Å². The summed E-state index contributed by atoms with van der Waals surface area (Å²) in [4.78, 5) is 25.4. The molecule has 0 aliphatic carbocycles. The molecule has 156 valence electrons. The van der Waals surface area contributed by atoms with Gasteiger partial charge >= 0.3 is 6.36 Å². The molecule has 1 amide bonds. The van der Waals surface area contributed by atoms with Gasteiger partial charge in [0.25, 0.3) is 0 Å². The van der Waals surface area contributed by atoms with Crippen LogP contribution in [0.25, 0.3) is 11.4 Å². The first-order chi connectivity index (χ1) is 13.6. The number of rotatable bonds is 5. The maximum absolute atomic E-state index is 14.8. The number of nitrogens with zero attached hydrogens (tertiary/aromatic N) is 4. The lowest BCUT2D eigenvalue weighted by atomic mass is 10.00. The molecule has 2 aromatic rings. The van der Waals surface area contributed by atoms with Crippen molar-refractivity contribution in [2.75, 3.05) is 11.9 Å².